The van der Waals surface area contributed by atoms with Crippen LogP contribution in [-0.4, -0.2) is 40.1 Å². The molecule has 19 heavy (non-hydrogen) atoms. The zero-order valence-corrected chi connectivity index (χ0v) is 11.2. The van der Waals surface area contributed by atoms with Crippen molar-refractivity contribution in [2.45, 2.75) is 19.4 Å². The minimum Gasteiger partial charge on any atom is -0.389 e. The summed E-state index contributed by atoms with van der Waals surface area (Å²) in [6.45, 7) is 3.45. The average molecular weight is 264 g/mol. The van der Waals surface area contributed by atoms with E-state index in [1.807, 2.05) is 0 Å². The maximum Gasteiger partial charge on any atom is 0.270 e. The number of H-pyrrole nitrogens is 1. The molecule has 1 amide bonds. The van der Waals surface area contributed by atoms with Crippen molar-refractivity contribution in [2.75, 3.05) is 13.6 Å². The van der Waals surface area contributed by atoms with Gasteiger partial charge in [-0.05, 0) is 32.0 Å². The number of likely N-dealkylation sites (N-methyl/N-ethyl adjacent to an activating group) is 1. The lowest BCUT2D eigenvalue weighted by atomic mass is 10.1. The summed E-state index contributed by atoms with van der Waals surface area (Å²) < 4.78 is 13.6. The summed E-state index contributed by atoms with van der Waals surface area (Å²) in [4.78, 5) is 16.5. The highest BCUT2D eigenvalue weighted by molar-refractivity contribution is 5.98. The molecule has 0 saturated heterocycles. The minimum atomic E-state index is -0.971. The summed E-state index contributed by atoms with van der Waals surface area (Å²) in [5.74, 6) is -0.643. The molecule has 5 heteroatoms. The van der Waals surface area contributed by atoms with Crippen LogP contribution >= 0.6 is 0 Å². The number of carbonyl (C=O) groups excluding carboxylic acids is 1. The first kappa shape index (κ1) is 13.5. The third kappa shape index (κ3) is 2.93. The van der Waals surface area contributed by atoms with Gasteiger partial charge in [-0.1, -0.05) is 6.07 Å². The van der Waals surface area contributed by atoms with Crippen molar-refractivity contribution in [3.63, 3.8) is 0 Å². The largest absolute Gasteiger partial charge is 0.389 e. The maximum absolute atomic E-state index is 13.6. The van der Waals surface area contributed by atoms with E-state index in [1.54, 1.807) is 33.0 Å². The van der Waals surface area contributed by atoms with Crippen molar-refractivity contribution in [3.05, 3.63) is 35.8 Å². The number of nitrogens with one attached hydrogen (secondary N) is 1. The number of nitrogens with zero attached hydrogens (tertiary/aromatic N) is 1. The molecule has 0 saturated carbocycles. The van der Waals surface area contributed by atoms with E-state index >= 15 is 0 Å². The number of hydrogen-bond donors (Lipinski definition) is 2. The number of carbonyl (C=O) groups is 1. The van der Waals surface area contributed by atoms with E-state index in [0.717, 1.165) is 0 Å². The van der Waals surface area contributed by atoms with E-state index in [-0.39, 0.29) is 18.3 Å². The van der Waals surface area contributed by atoms with Crippen LogP contribution in [0.4, 0.5) is 4.39 Å². The molecular formula is C14H17FN2O2. The number of fused-ring (bicyclic) bond motifs is 1. The molecule has 1 heterocycles. The van der Waals surface area contributed by atoms with Crippen molar-refractivity contribution in [1.29, 1.82) is 0 Å². The van der Waals surface area contributed by atoms with Crippen molar-refractivity contribution < 1.29 is 14.3 Å². The van der Waals surface area contributed by atoms with E-state index in [1.165, 1.54) is 17.0 Å². The molecular weight excluding hydrogens is 247 g/mol. The molecule has 1 aromatic carbocycles. The van der Waals surface area contributed by atoms with E-state index in [9.17, 15) is 14.3 Å². The Morgan fingerprint density at radius 3 is 2.74 bits per heavy atom. The average Bonchev–Trinajstić information content (AvgIpc) is 2.71. The zero-order valence-electron chi connectivity index (χ0n) is 11.2. The molecule has 0 aliphatic rings. The Bertz CT molecular complexity index is 613. The van der Waals surface area contributed by atoms with E-state index < -0.39 is 5.60 Å². The quantitative estimate of drug-likeness (QED) is 0.892. The molecule has 0 atom stereocenters. The first-order valence-electron chi connectivity index (χ1n) is 6.03. The van der Waals surface area contributed by atoms with Crippen LogP contribution in [0, 0.1) is 5.82 Å². The maximum atomic E-state index is 13.6. The van der Waals surface area contributed by atoms with Gasteiger partial charge in [0.15, 0.2) is 0 Å². The molecule has 2 rings (SSSR count). The molecule has 0 radical (unpaired) electrons. The Labute approximate surface area is 110 Å². The monoisotopic (exact) mass is 264 g/mol. The number of aliphatic hydroxyl groups is 1. The van der Waals surface area contributed by atoms with Crippen LogP contribution in [0.3, 0.4) is 0 Å². The highest BCUT2D eigenvalue weighted by Crippen LogP contribution is 2.19. The molecule has 4 nitrogen and oxygen atoms in total. The van der Waals surface area contributed by atoms with Crippen LogP contribution < -0.4 is 0 Å². The molecule has 2 aromatic rings. The van der Waals surface area contributed by atoms with Crippen LogP contribution in [-0.2, 0) is 0 Å². The van der Waals surface area contributed by atoms with Crippen LogP contribution in [0.2, 0.25) is 0 Å². The van der Waals surface area contributed by atoms with Gasteiger partial charge in [0.25, 0.3) is 5.91 Å². The fourth-order valence-corrected chi connectivity index (χ4v) is 2.09. The van der Waals surface area contributed by atoms with Crippen molar-refractivity contribution in [3.8, 4) is 0 Å². The highest BCUT2D eigenvalue weighted by Gasteiger charge is 2.21. The summed E-state index contributed by atoms with van der Waals surface area (Å²) in [5, 5.41) is 10.1. The van der Waals surface area contributed by atoms with Gasteiger partial charge in [-0.25, -0.2) is 4.39 Å². The normalized spacial score (nSPS) is 11.8. The lowest BCUT2D eigenvalue weighted by Crippen LogP contribution is -2.39. The van der Waals surface area contributed by atoms with Gasteiger partial charge in [-0.3, -0.25) is 4.79 Å². The van der Waals surface area contributed by atoms with Gasteiger partial charge in [-0.15, -0.1) is 0 Å². The Hall–Kier alpha value is -1.88. The molecule has 102 valence electrons. The van der Waals surface area contributed by atoms with Crippen LogP contribution in [0.25, 0.3) is 10.9 Å². The van der Waals surface area contributed by atoms with Gasteiger partial charge < -0.3 is 15.0 Å². The van der Waals surface area contributed by atoms with E-state index in [0.29, 0.717) is 16.6 Å². The third-order valence-electron chi connectivity index (χ3n) is 2.81. The minimum absolute atomic E-state index is 0.198. The van der Waals surface area contributed by atoms with Crippen LogP contribution in [0.15, 0.2) is 24.3 Å². The number of aromatic amines is 1. The van der Waals surface area contributed by atoms with Gasteiger partial charge in [0.05, 0.1) is 5.60 Å². The number of aromatic nitrogens is 1. The molecule has 0 spiro atoms. The van der Waals surface area contributed by atoms with Crippen LogP contribution in [0.5, 0.6) is 0 Å². The number of halogens is 1. The summed E-state index contributed by atoms with van der Waals surface area (Å²) >= 11 is 0. The van der Waals surface area contributed by atoms with Gasteiger partial charge in [-0.2, -0.15) is 0 Å². The Morgan fingerprint density at radius 2 is 2.16 bits per heavy atom. The van der Waals surface area contributed by atoms with Gasteiger partial charge >= 0.3 is 0 Å². The molecule has 2 N–H and O–H groups in total. The predicted molar refractivity (Wildman–Crippen MR) is 71.5 cm³/mol. The summed E-state index contributed by atoms with van der Waals surface area (Å²) in [7, 11) is 1.60. The summed E-state index contributed by atoms with van der Waals surface area (Å²) in [6.07, 6.45) is 0. The Morgan fingerprint density at radius 1 is 1.47 bits per heavy atom. The second-order valence-corrected chi connectivity index (χ2v) is 5.36. The van der Waals surface area contributed by atoms with Crippen molar-refractivity contribution in [2.24, 2.45) is 0 Å². The summed E-state index contributed by atoms with van der Waals surface area (Å²) in [6, 6.07) is 6.15. The molecule has 0 aliphatic carbocycles. The van der Waals surface area contributed by atoms with Gasteiger partial charge in [0.2, 0.25) is 0 Å². The molecule has 0 unspecified atom stereocenters. The fourth-order valence-electron chi connectivity index (χ4n) is 2.09. The Balaban J connectivity index is 2.29. The molecule has 1 aromatic heterocycles. The van der Waals surface area contributed by atoms with E-state index in [4.69, 9.17) is 0 Å². The molecule has 0 fully saturated rings. The van der Waals surface area contributed by atoms with Crippen LogP contribution in [0.1, 0.15) is 24.3 Å². The Kier molecular flexibility index (Phi) is 3.32. The van der Waals surface area contributed by atoms with E-state index in [2.05, 4.69) is 4.98 Å². The highest BCUT2D eigenvalue weighted by atomic mass is 19.1. The zero-order chi connectivity index (χ0) is 14.2. The van der Waals surface area contributed by atoms with Crippen molar-refractivity contribution in [1.82, 2.24) is 9.88 Å². The topological polar surface area (TPSA) is 56.3 Å². The smallest absolute Gasteiger partial charge is 0.270 e. The lowest BCUT2D eigenvalue weighted by molar-refractivity contribution is 0.0365. The summed E-state index contributed by atoms with van der Waals surface area (Å²) in [5.41, 5.74) is -0.0753. The first-order chi connectivity index (χ1) is 8.78. The SMILES string of the molecule is CN(CC(C)(C)O)C(=O)c1cc2c(F)cccc2[nH]1. The fraction of sp³-hybridized carbons (Fsp3) is 0.357. The van der Waals surface area contributed by atoms with Gasteiger partial charge in [0, 0.05) is 24.5 Å². The molecule has 0 aliphatic heterocycles. The van der Waals surface area contributed by atoms with Gasteiger partial charge in [0.1, 0.15) is 11.5 Å². The van der Waals surface area contributed by atoms with Crippen molar-refractivity contribution >= 4 is 16.8 Å². The second-order valence-electron chi connectivity index (χ2n) is 5.36. The lowest BCUT2D eigenvalue weighted by Gasteiger charge is -2.25. The number of amides is 1. The molecule has 0 bridgehead atoms. The number of benzene rings is 1. The second kappa shape index (κ2) is 4.66. The predicted octanol–water partition coefficient (Wildman–Crippen LogP) is 2.15. The standard InChI is InChI=1S/C14H17FN2O2/c1-14(2,19)8-17(3)13(18)12-7-9-10(15)5-4-6-11(9)16-12/h4-7,16,19H,8H2,1-3H3. The third-order valence-corrected chi connectivity index (χ3v) is 2.81. The first-order valence-corrected chi connectivity index (χ1v) is 6.03. The number of hydrogen-bond acceptors (Lipinski definition) is 2. The number of rotatable bonds is 3.